The fourth-order valence-electron chi connectivity index (χ4n) is 3.84. The number of ether oxygens (including phenoxy) is 2. The summed E-state index contributed by atoms with van der Waals surface area (Å²) in [7, 11) is 0. The van der Waals surface area contributed by atoms with Gasteiger partial charge in [-0.1, -0.05) is 0 Å². The number of hydrogen-bond acceptors (Lipinski definition) is 7. The van der Waals surface area contributed by atoms with Gasteiger partial charge in [-0.25, -0.2) is 0 Å². The summed E-state index contributed by atoms with van der Waals surface area (Å²) in [5.41, 5.74) is 2.11. The fraction of sp³-hybridized carbons (Fsp3) is 0.350. The molecule has 1 aromatic heterocycles. The van der Waals surface area contributed by atoms with E-state index in [4.69, 9.17) is 9.47 Å². The van der Waals surface area contributed by atoms with Gasteiger partial charge in [0, 0.05) is 47.7 Å². The van der Waals surface area contributed by atoms with Gasteiger partial charge in [0.25, 0.3) is 5.91 Å². The largest absolute Gasteiger partial charge is 0.486 e. The van der Waals surface area contributed by atoms with Crippen LogP contribution in [-0.4, -0.2) is 48.3 Å². The maximum Gasteiger partial charge on any atom is 0.254 e. The molecule has 3 aromatic rings. The molecule has 1 unspecified atom stereocenters. The maximum absolute atomic E-state index is 13.0. The van der Waals surface area contributed by atoms with Crippen LogP contribution in [-0.2, 0) is 0 Å². The van der Waals surface area contributed by atoms with E-state index in [2.05, 4.69) is 15.1 Å². The molecule has 1 saturated heterocycles. The molecule has 0 radical (unpaired) electrons. The highest BCUT2D eigenvalue weighted by atomic mass is 16.8. The van der Waals surface area contributed by atoms with E-state index >= 15 is 0 Å². The van der Waals surface area contributed by atoms with Gasteiger partial charge in [-0.2, -0.15) is 0 Å². The molecule has 2 aliphatic rings. The lowest BCUT2D eigenvalue weighted by atomic mass is 10.0. The highest BCUT2D eigenvalue weighted by Crippen LogP contribution is 2.33. The number of benzene rings is 2. The number of carbonyl (C=O) groups is 1. The first-order chi connectivity index (χ1) is 14.2. The van der Waals surface area contributed by atoms with Crippen molar-refractivity contribution < 1.29 is 23.8 Å². The number of carbonyl (C=O) groups excluding carboxylic acids is 1. The predicted molar refractivity (Wildman–Crippen MR) is 103 cm³/mol. The Labute approximate surface area is 166 Å². The first kappa shape index (κ1) is 17.6. The van der Waals surface area contributed by atoms with Crippen LogP contribution in [0.25, 0.3) is 11.0 Å². The van der Waals surface area contributed by atoms with Gasteiger partial charge in [-0.15, -0.1) is 0 Å². The van der Waals surface area contributed by atoms with Crippen molar-refractivity contribution in [2.45, 2.75) is 18.9 Å². The third-order valence-electron chi connectivity index (χ3n) is 5.25. The molecule has 2 aliphatic heterocycles. The molecule has 0 bridgehead atoms. The summed E-state index contributed by atoms with van der Waals surface area (Å²) in [5, 5.41) is 18.6. The van der Waals surface area contributed by atoms with E-state index in [9.17, 15) is 10.0 Å². The normalized spacial score (nSPS) is 18.6. The Morgan fingerprint density at radius 2 is 2.03 bits per heavy atom. The fourth-order valence-corrected chi connectivity index (χ4v) is 3.84. The Balaban J connectivity index is 1.29. The van der Waals surface area contributed by atoms with Crippen LogP contribution in [0.2, 0.25) is 0 Å². The first-order valence-corrected chi connectivity index (χ1v) is 9.62. The summed E-state index contributed by atoms with van der Waals surface area (Å²) in [6, 6.07) is 10.7. The minimum atomic E-state index is -0.0824. The zero-order chi connectivity index (χ0) is 19.8. The van der Waals surface area contributed by atoms with Gasteiger partial charge < -0.3 is 24.9 Å². The second-order valence-corrected chi connectivity index (χ2v) is 7.23. The second kappa shape index (κ2) is 7.16. The van der Waals surface area contributed by atoms with Crippen molar-refractivity contribution in [2.24, 2.45) is 0 Å². The average Bonchev–Trinajstić information content (AvgIpc) is 3.13. The highest BCUT2D eigenvalue weighted by Gasteiger charge is 2.26. The van der Waals surface area contributed by atoms with Gasteiger partial charge in [0.1, 0.15) is 13.2 Å². The van der Waals surface area contributed by atoms with Crippen LogP contribution in [0.5, 0.6) is 11.5 Å². The van der Waals surface area contributed by atoms with Crippen molar-refractivity contribution in [3.63, 3.8) is 0 Å². The molecule has 3 heterocycles. The summed E-state index contributed by atoms with van der Waals surface area (Å²) >= 11 is 0. The summed E-state index contributed by atoms with van der Waals surface area (Å²) < 4.78 is 15.8. The number of likely N-dealkylation sites (tertiary alicyclic amines) is 1. The monoisotopic (exact) mass is 396 g/mol. The number of aromatic nitrogens is 2. The number of rotatable bonds is 3. The summed E-state index contributed by atoms with van der Waals surface area (Å²) in [5.74, 6) is 1.41. The second-order valence-electron chi connectivity index (χ2n) is 7.23. The minimum Gasteiger partial charge on any atom is -0.486 e. The van der Waals surface area contributed by atoms with Gasteiger partial charge in [-0.3, -0.25) is 9.42 Å². The van der Waals surface area contributed by atoms with Gasteiger partial charge in [0.05, 0.1) is 0 Å². The molecule has 9 heteroatoms. The Kier molecular flexibility index (Phi) is 4.34. The third-order valence-corrected chi connectivity index (χ3v) is 5.25. The summed E-state index contributed by atoms with van der Waals surface area (Å²) in [6.45, 7) is 2.39. The Morgan fingerprint density at radius 1 is 1.17 bits per heavy atom. The quantitative estimate of drug-likeness (QED) is 0.675. The Hall–Kier alpha value is -3.49. The van der Waals surface area contributed by atoms with E-state index in [1.165, 1.54) is 0 Å². The van der Waals surface area contributed by atoms with E-state index in [1.54, 1.807) is 18.2 Å². The van der Waals surface area contributed by atoms with Crippen molar-refractivity contribution in [2.75, 3.05) is 31.6 Å². The number of anilines is 1. The van der Waals surface area contributed by atoms with Gasteiger partial charge in [0.15, 0.2) is 11.5 Å². The van der Waals surface area contributed by atoms with Crippen LogP contribution in [0, 0.1) is 5.21 Å². The predicted octanol–water partition coefficient (Wildman–Crippen LogP) is 1.95. The van der Waals surface area contributed by atoms with E-state index in [1.807, 2.05) is 23.1 Å². The lowest BCUT2D eigenvalue weighted by Gasteiger charge is -2.34. The van der Waals surface area contributed by atoms with Crippen molar-refractivity contribution in [1.82, 2.24) is 10.1 Å². The summed E-state index contributed by atoms with van der Waals surface area (Å²) in [4.78, 5) is 15.1. The van der Waals surface area contributed by atoms with Crippen LogP contribution < -0.4 is 19.7 Å². The molecule has 0 spiro atoms. The minimum absolute atomic E-state index is 0.0824. The molecule has 1 fully saturated rings. The number of amides is 1. The molecule has 0 saturated carbocycles. The molecular weight excluding hydrogens is 376 g/mol. The molecule has 2 aromatic carbocycles. The van der Waals surface area contributed by atoms with Crippen molar-refractivity contribution in [3.8, 4) is 11.5 Å². The van der Waals surface area contributed by atoms with E-state index in [0.29, 0.717) is 47.8 Å². The molecular formula is C20H20N4O5. The number of nitrogens with zero attached hydrogens (tertiary/aromatic N) is 3. The molecule has 9 nitrogen and oxygen atoms in total. The molecule has 29 heavy (non-hydrogen) atoms. The molecule has 5 rings (SSSR count). The van der Waals surface area contributed by atoms with Crippen molar-refractivity contribution >= 4 is 22.6 Å². The van der Waals surface area contributed by atoms with Crippen LogP contribution in [0.4, 0.5) is 5.69 Å². The van der Waals surface area contributed by atoms with Crippen molar-refractivity contribution in [3.05, 3.63) is 47.2 Å². The highest BCUT2D eigenvalue weighted by molar-refractivity contribution is 5.97. The number of fused-ring (bicyclic) bond motifs is 2. The molecule has 0 aliphatic carbocycles. The molecule has 1 amide bonds. The number of hydrogen-bond donors (Lipinski definition) is 1. The Bertz CT molecular complexity index is 1070. The molecule has 150 valence electrons. The van der Waals surface area contributed by atoms with Crippen molar-refractivity contribution in [1.29, 1.82) is 0 Å². The third kappa shape index (κ3) is 3.39. The van der Waals surface area contributed by atoms with Crippen LogP contribution >= 0.6 is 0 Å². The average molecular weight is 396 g/mol. The van der Waals surface area contributed by atoms with Crippen LogP contribution in [0.15, 0.2) is 41.0 Å². The van der Waals surface area contributed by atoms with Crippen LogP contribution in [0.3, 0.4) is 0 Å². The SMILES string of the molecule is O=C(c1ccc2c(c1)no[n+]2[O-])N1CCCC(Nc2ccc3c(c2)OCCO3)C1. The standard InChI is InChI=1S/C20H20N4O5/c25-20(13-3-5-17-16(10-13)22-29-24(17)26)23-7-1-2-15(12-23)21-14-4-6-18-19(11-14)28-9-8-27-18/h3-6,10-11,15,21H,1-2,7-9,12H2. The lowest BCUT2D eigenvalue weighted by Crippen LogP contribution is -2.45. The first-order valence-electron chi connectivity index (χ1n) is 9.62. The molecule has 1 N–H and O–H groups in total. The Morgan fingerprint density at radius 3 is 2.93 bits per heavy atom. The smallest absolute Gasteiger partial charge is 0.254 e. The van der Waals surface area contributed by atoms with Gasteiger partial charge >= 0.3 is 0 Å². The van der Waals surface area contributed by atoms with E-state index < -0.39 is 0 Å². The van der Waals surface area contributed by atoms with Gasteiger partial charge in [-0.05, 0) is 42.0 Å². The van der Waals surface area contributed by atoms with Gasteiger partial charge in [0.2, 0.25) is 11.0 Å². The molecule has 1 atom stereocenters. The zero-order valence-corrected chi connectivity index (χ0v) is 15.7. The number of nitrogens with one attached hydrogen (secondary N) is 1. The topological polar surface area (TPSA) is 104 Å². The zero-order valence-electron chi connectivity index (χ0n) is 15.7. The van der Waals surface area contributed by atoms with E-state index in [-0.39, 0.29) is 11.9 Å². The van der Waals surface area contributed by atoms with Crippen LogP contribution in [0.1, 0.15) is 23.2 Å². The maximum atomic E-state index is 13.0. The lowest BCUT2D eigenvalue weighted by molar-refractivity contribution is -0.782. The summed E-state index contributed by atoms with van der Waals surface area (Å²) in [6.07, 6.45) is 1.87. The number of piperidine rings is 1. The van der Waals surface area contributed by atoms with E-state index in [0.717, 1.165) is 30.0 Å².